The number of rotatable bonds is 4. The Hall–Kier alpha value is -2.37. The monoisotopic (exact) mass is 219 g/mol. The van der Waals surface area contributed by atoms with E-state index in [4.69, 9.17) is 9.52 Å². The van der Waals surface area contributed by atoms with Crippen LogP contribution in [0.5, 0.6) is 0 Å². The van der Waals surface area contributed by atoms with Gasteiger partial charge >= 0.3 is 5.97 Å². The molecule has 2 heterocycles. The van der Waals surface area contributed by atoms with Gasteiger partial charge in [0, 0.05) is 6.20 Å². The Morgan fingerprint density at radius 3 is 3.00 bits per heavy atom. The Balaban J connectivity index is 2.14. The van der Waals surface area contributed by atoms with Crippen LogP contribution in [0.4, 0.5) is 0 Å². The molecule has 6 heteroatoms. The van der Waals surface area contributed by atoms with Crippen LogP contribution in [0.15, 0.2) is 36.0 Å². The van der Waals surface area contributed by atoms with Crippen molar-refractivity contribution in [3.8, 4) is 0 Å². The second-order valence-electron chi connectivity index (χ2n) is 3.14. The summed E-state index contributed by atoms with van der Waals surface area (Å²) in [5.41, 5.74) is 0.296. The quantitative estimate of drug-likeness (QED) is 0.776. The Morgan fingerprint density at radius 2 is 2.38 bits per heavy atom. The molecule has 0 bridgehead atoms. The zero-order valence-electron chi connectivity index (χ0n) is 8.33. The normalized spacial score (nSPS) is 10.2. The molecule has 0 aliphatic rings. The third kappa shape index (κ3) is 2.00. The molecule has 0 aliphatic heterocycles. The lowest BCUT2D eigenvalue weighted by Crippen LogP contribution is -1.99. The molecule has 16 heavy (non-hydrogen) atoms. The van der Waals surface area contributed by atoms with Crippen molar-refractivity contribution in [1.82, 2.24) is 14.5 Å². The van der Waals surface area contributed by atoms with Crippen LogP contribution < -0.4 is 0 Å². The van der Waals surface area contributed by atoms with Crippen LogP contribution in [0.2, 0.25) is 0 Å². The van der Waals surface area contributed by atoms with Gasteiger partial charge in [0.15, 0.2) is 0 Å². The lowest BCUT2D eigenvalue weighted by atomic mass is 10.2. The van der Waals surface area contributed by atoms with Gasteiger partial charge < -0.3 is 14.1 Å². The summed E-state index contributed by atoms with van der Waals surface area (Å²) in [6.45, 7) is 3.83. The second-order valence-corrected chi connectivity index (χ2v) is 3.14. The van der Waals surface area contributed by atoms with Crippen LogP contribution in [0.1, 0.15) is 11.6 Å². The number of carboxylic acid groups (broad SMARTS) is 1. The number of hydrogen-bond acceptors (Lipinski definition) is 4. The predicted molar refractivity (Wildman–Crippen MR) is 54.5 cm³/mol. The summed E-state index contributed by atoms with van der Waals surface area (Å²) in [4.78, 5) is 18.5. The molecule has 1 N–H and O–H groups in total. The van der Waals surface area contributed by atoms with E-state index < -0.39 is 5.97 Å². The highest BCUT2D eigenvalue weighted by Gasteiger charge is 2.10. The zero-order valence-corrected chi connectivity index (χ0v) is 8.33. The van der Waals surface area contributed by atoms with Crippen LogP contribution in [-0.2, 0) is 11.3 Å². The topological polar surface area (TPSA) is 81.1 Å². The van der Waals surface area contributed by atoms with Gasteiger partial charge in [-0.3, -0.25) is 0 Å². The summed E-state index contributed by atoms with van der Waals surface area (Å²) in [6, 6.07) is 0. The first-order chi connectivity index (χ1) is 7.66. The van der Waals surface area contributed by atoms with Crippen molar-refractivity contribution in [2.75, 3.05) is 0 Å². The molecule has 2 aromatic heterocycles. The molecule has 0 unspecified atom stereocenters. The van der Waals surface area contributed by atoms with Gasteiger partial charge in [-0.2, -0.15) is 0 Å². The minimum Gasteiger partial charge on any atom is -0.478 e. The third-order valence-electron chi connectivity index (χ3n) is 2.00. The van der Waals surface area contributed by atoms with Crippen LogP contribution in [0, 0.1) is 0 Å². The fourth-order valence-electron chi connectivity index (χ4n) is 1.20. The van der Waals surface area contributed by atoms with Crippen molar-refractivity contribution in [2.24, 2.45) is 0 Å². The Morgan fingerprint density at radius 1 is 1.56 bits per heavy atom. The van der Waals surface area contributed by atoms with E-state index in [0.717, 1.165) is 0 Å². The third-order valence-corrected chi connectivity index (χ3v) is 2.00. The minimum atomic E-state index is -1.08. The van der Waals surface area contributed by atoms with Gasteiger partial charge in [-0.05, 0) is 0 Å². The molecule has 0 spiro atoms. The molecular weight excluding hydrogens is 210 g/mol. The lowest BCUT2D eigenvalue weighted by Gasteiger charge is -1.96. The van der Waals surface area contributed by atoms with Gasteiger partial charge in [0.05, 0.1) is 23.8 Å². The van der Waals surface area contributed by atoms with Crippen molar-refractivity contribution in [3.63, 3.8) is 0 Å². The molecule has 0 fully saturated rings. The SMILES string of the molecule is C=C(C(=O)O)c1cn(Cc2ncco2)cn1. The van der Waals surface area contributed by atoms with Crippen LogP contribution in [-0.4, -0.2) is 25.6 Å². The number of oxazole rings is 1. The van der Waals surface area contributed by atoms with E-state index >= 15 is 0 Å². The largest absolute Gasteiger partial charge is 0.478 e. The number of carboxylic acids is 1. The van der Waals surface area contributed by atoms with Gasteiger partial charge in [-0.25, -0.2) is 14.8 Å². The Labute approximate surface area is 90.9 Å². The maximum Gasteiger partial charge on any atom is 0.337 e. The van der Waals surface area contributed by atoms with Gasteiger partial charge in [0.1, 0.15) is 12.8 Å². The van der Waals surface area contributed by atoms with Crippen molar-refractivity contribution >= 4 is 11.5 Å². The molecule has 0 atom stereocenters. The molecule has 0 saturated carbocycles. The van der Waals surface area contributed by atoms with Crippen molar-refractivity contribution in [1.29, 1.82) is 0 Å². The van der Waals surface area contributed by atoms with Crippen molar-refractivity contribution in [3.05, 3.63) is 43.1 Å². The predicted octanol–water partition coefficient (Wildman–Crippen LogP) is 1.02. The highest BCUT2D eigenvalue weighted by Crippen LogP contribution is 2.10. The van der Waals surface area contributed by atoms with Crippen LogP contribution >= 0.6 is 0 Å². The molecular formula is C10H9N3O3. The first-order valence-corrected chi connectivity index (χ1v) is 4.49. The molecule has 2 aromatic rings. The number of nitrogens with zero attached hydrogens (tertiary/aromatic N) is 3. The first kappa shape index (κ1) is 10.2. The number of aliphatic carboxylic acids is 1. The highest BCUT2D eigenvalue weighted by atomic mass is 16.4. The number of hydrogen-bond donors (Lipinski definition) is 1. The number of aromatic nitrogens is 3. The molecule has 0 radical (unpaired) electrons. The molecule has 82 valence electrons. The molecule has 2 rings (SSSR count). The average Bonchev–Trinajstić information content (AvgIpc) is 2.88. The minimum absolute atomic E-state index is 0.0360. The van der Waals surface area contributed by atoms with E-state index in [-0.39, 0.29) is 5.57 Å². The summed E-state index contributed by atoms with van der Waals surface area (Å²) in [5, 5.41) is 8.72. The van der Waals surface area contributed by atoms with Gasteiger partial charge in [-0.1, -0.05) is 6.58 Å². The van der Waals surface area contributed by atoms with E-state index in [9.17, 15) is 4.79 Å². The van der Waals surface area contributed by atoms with Gasteiger partial charge in [0.2, 0.25) is 5.89 Å². The highest BCUT2D eigenvalue weighted by molar-refractivity contribution is 6.13. The summed E-state index contributed by atoms with van der Waals surface area (Å²) in [6.07, 6.45) is 6.11. The maximum absolute atomic E-state index is 10.6. The smallest absolute Gasteiger partial charge is 0.337 e. The molecule has 0 aromatic carbocycles. The Bertz CT molecular complexity index is 513. The standard InChI is InChI=1S/C10H9N3O3/c1-7(10(14)15)8-4-13(6-12-8)5-9-11-2-3-16-9/h2-4,6H,1,5H2,(H,14,15). The van der Waals surface area contributed by atoms with E-state index in [1.165, 1.54) is 12.6 Å². The zero-order chi connectivity index (χ0) is 11.5. The molecule has 0 aliphatic carbocycles. The van der Waals surface area contributed by atoms with E-state index in [1.54, 1.807) is 17.0 Å². The summed E-state index contributed by atoms with van der Waals surface area (Å²) in [5.74, 6) is -0.550. The number of carbonyl (C=O) groups is 1. The molecule has 0 amide bonds. The fraction of sp³-hybridized carbons (Fsp3) is 0.100. The van der Waals surface area contributed by atoms with Gasteiger partial charge in [0.25, 0.3) is 0 Å². The van der Waals surface area contributed by atoms with Crippen LogP contribution in [0.25, 0.3) is 5.57 Å². The fourth-order valence-corrected chi connectivity index (χ4v) is 1.20. The molecule has 6 nitrogen and oxygen atoms in total. The summed E-state index contributed by atoms with van der Waals surface area (Å²) in [7, 11) is 0. The molecule has 0 saturated heterocycles. The summed E-state index contributed by atoms with van der Waals surface area (Å²) >= 11 is 0. The van der Waals surface area contributed by atoms with Crippen molar-refractivity contribution in [2.45, 2.75) is 6.54 Å². The van der Waals surface area contributed by atoms with E-state index in [1.807, 2.05) is 0 Å². The first-order valence-electron chi connectivity index (χ1n) is 4.49. The second kappa shape index (κ2) is 4.01. The van der Waals surface area contributed by atoms with Gasteiger partial charge in [-0.15, -0.1) is 0 Å². The maximum atomic E-state index is 10.6. The van der Waals surface area contributed by atoms with Crippen molar-refractivity contribution < 1.29 is 14.3 Å². The Kier molecular flexibility index (Phi) is 2.55. The van der Waals surface area contributed by atoms with Crippen LogP contribution in [0.3, 0.4) is 0 Å². The lowest BCUT2D eigenvalue weighted by molar-refractivity contribution is -0.130. The van der Waals surface area contributed by atoms with E-state index in [2.05, 4.69) is 16.5 Å². The average molecular weight is 219 g/mol. The summed E-state index contributed by atoms with van der Waals surface area (Å²) < 4.78 is 6.73. The van der Waals surface area contributed by atoms with E-state index in [0.29, 0.717) is 18.1 Å². The number of imidazole rings is 1.